The van der Waals surface area contributed by atoms with Crippen molar-refractivity contribution in [1.82, 2.24) is 10.5 Å². The summed E-state index contributed by atoms with van der Waals surface area (Å²) >= 11 is 0. The van der Waals surface area contributed by atoms with E-state index in [-0.39, 0.29) is 24.0 Å². The van der Waals surface area contributed by atoms with Crippen LogP contribution in [0.1, 0.15) is 22.7 Å². The van der Waals surface area contributed by atoms with E-state index in [1.165, 1.54) is 12.1 Å². The number of halogens is 2. The van der Waals surface area contributed by atoms with Crippen LogP contribution in [-0.4, -0.2) is 30.8 Å². The summed E-state index contributed by atoms with van der Waals surface area (Å²) in [5.41, 5.74) is 0.137. The molecular formula is C16H16F2N2O4. The predicted molar refractivity (Wildman–Crippen MR) is 78.5 cm³/mol. The standard InChI is InChI=1S/C16H16F2N2O4/c17-13-2-1-11(5-14(13)18)23-9-12-6-15(20-24-12)16(21)19-7-10-3-4-22-8-10/h1-2,5-6,10H,3-4,7-9H2,(H,19,21). The lowest BCUT2D eigenvalue weighted by Gasteiger charge is -2.07. The van der Waals surface area contributed by atoms with Crippen LogP contribution in [0.2, 0.25) is 0 Å². The van der Waals surface area contributed by atoms with Crippen molar-refractivity contribution in [2.24, 2.45) is 5.92 Å². The maximum Gasteiger partial charge on any atom is 0.273 e. The summed E-state index contributed by atoms with van der Waals surface area (Å²) in [4.78, 5) is 12.0. The average molecular weight is 338 g/mol. The zero-order valence-corrected chi connectivity index (χ0v) is 12.8. The Hall–Kier alpha value is -2.48. The van der Waals surface area contributed by atoms with Crippen molar-refractivity contribution in [2.75, 3.05) is 19.8 Å². The number of nitrogens with zero attached hydrogens (tertiary/aromatic N) is 1. The van der Waals surface area contributed by atoms with Crippen LogP contribution in [0.4, 0.5) is 8.78 Å². The normalized spacial score (nSPS) is 17.0. The minimum Gasteiger partial charge on any atom is -0.485 e. The van der Waals surface area contributed by atoms with Crippen molar-refractivity contribution < 1.29 is 27.6 Å². The van der Waals surface area contributed by atoms with Gasteiger partial charge in [0.1, 0.15) is 12.4 Å². The molecule has 0 aliphatic carbocycles. The molecular weight excluding hydrogens is 322 g/mol. The number of hydrogen-bond donors (Lipinski definition) is 1. The number of carbonyl (C=O) groups is 1. The Morgan fingerprint density at radius 3 is 2.96 bits per heavy atom. The lowest BCUT2D eigenvalue weighted by Crippen LogP contribution is -2.29. The number of nitrogens with one attached hydrogen (secondary N) is 1. The fourth-order valence-corrected chi connectivity index (χ4v) is 2.28. The SMILES string of the molecule is O=C(NCC1CCOC1)c1cc(COc2ccc(F)c(F)c2)on1. The number of aromatic nitrogens is 1. The minimum absolute atomic E-state index is 0.0538. The van der Waals surface area contributed by atoms with Crippen LogP contribution >= 0.6 is 0 Å². The molecule has 1 aliphatic rings. The van der Waals surface area contributed by atoms with E-state index in [9.17, 15) is 13.6 Å². The van der Waals surface area contributed by atoms with Gasteiger partial charge in [-0.15, -0.1) is 0 Å². The molecule has 1 aromatic heterocycles. The summed E-state index contributed by atoms with van der Waals surface area (Å²) < 4.78 is 41.4. The second-order valence-corrected chi connectivity index (χ2v) is 5.48. The number of carbonyl (C=O) groups excluding carboxylic acids is 1. The Kier molecular flexibility index (Phi) is 5.05. The van der Waals surface area contributed by atoms with Crippen LogP contribution < -0.4 is 10.1 Å². The van der Waals surface area contributed by atoms with Crippen LogP contribution in [0.25, 0.3) is 0 Å². The van der Waals surface area contributed by atoms with Gasteiger partial charge in [0, 0.05) is 31.2 Å². The fourth-order valence-electron chi connectivity index (χ4n) is 2.28. The highest BCUT2D eigenvalue weighted by Crippen LogP contribution is 2.17. The zero-order chi connectivity index (χ0) is 16.9. The van der Waals surface area contributed by atoms with Crippen molar-refractivity contribution in [1.29, 1.82) is 0 Å². The van der Waals surface area contributed by atoms with Gasteiger partial charge in [0.2, 0.25) is 0 Å². The summed E-state index contributed by atoms with van der Waals surface area (Å²) in [7, 11) is 0. The van der Waals surface area contributed by atoms with Crippen molar-refractivity contribution in [3.63, 3.8) is 0 Å². The average Bonchev–Trinajstić information content (AvgIpc) is 3.25. The van der Waals surface area contributed by atoms with Gasteiger partial charge < -0.3 is 19.3 Å². The summed E-state index contributed by atoms with van der Waals surface area (Å²) in [6.07, 6.45) is 0.923. The van der Waals surface area contributed by atoms with Gasteiger partial charge in [0.25, 0.3) is 5.91 Å². The first-order valence-electron chi connectivity index (χ1n) is 7.51. The Morgan fingerprint density at radius 2 is 2.21 bits per heavy atom. The molecule has 128 valence electrons. The van der Waals surface area contributed by atoms with E-state index in [4.69, 9.17) is 14.0 Å². The maximum atomic E-state index is 13.1. The number of benzene rings is 1. The first-order chi connectivity index (χ1) is 11.6. The number of rotatable bonds is 6. The minimum atomic E-state index is -0.999. The van der Waals surface area contributed by atoms with E-state index in [1.807, 2.05) is 0 Å². The van der Waals surface area contributed by atoms with Crippen LogP contribution in [0.3, 0.4) is 0 Å². The van der Waals surface area contributed by atoms with Gasteiger partial charge in [0.15, 0.2) is 23.1 Å². The molecule has 1 amide bonds. The summed E-state index contributed by atoms with van der Waals surface area (Å²) in [6.45, 7) is 1.83. The van der Waals surface area contributed by atoms with Gasteiger partial charge in [-0.1, -0.05) is 5.16 Å². The lowest BCUT2D eigenvalue weighted by atomic mass is 10.1. The zero-order valence-electron chi connectivity index (χ0n) is 12.8. The van der Waals surface area contributed by atoms with E-state index in [2.05, 4.69) is 10.5 Å². The third-order valence-electron chi connectivity index (χ3n) is 3.64. The van der Waals surface area contributed by atoms with E-state index in [0.29, 0.717) is 24.8 Å². The predicted octanol–water partition coefficient (Wildman–Crippen LogP) is 2.30. The van der Waals surface area contributed by atoms with Gasteiger partial charge in [-0.2, -0.15) is 0 Å². The third-order valence-corrected chi connectivity index (χ3v) is 3.64. The molecule has 1 aromatic carbocycles. The highest BCUT2D eigenvalue weighted by atomic mass is 19.2. The van der Waals surface area contributed by atoms with Gasteiger partial charge in [-0.25, -0.2) is 8.78 Å². The fraction of sp³-hybridized carbons (Fsp3) is 0.375. The highest BCUT2D eigenvalue weighted by molar-refractivity contribution is 5.92. The molecule has 1 unspecified atom stereocenters. The van der Waals surface area contributed by atoms with Gasteiger partial charge >= 0.3 is 0 Å². The van der Waals surface area contributed by atoms with Gasteiger partial charge in [-0.05, 0) is 18.6 Å². The van der Waals surface area contributed by atoms with Crippen molar-refractivity contribution >= 4 is 5.91 Å². The molecule has 8 heteroatoms. The Morgan fingerprint density at radius 1 is 1.33 bits per heavy atom. The number of ether oxygens (including phenoxy) is 2. The number of amides is 1. The van der Waals surface area contributed by atoms with E-state index >= 15 is 0 Å². The summed E-state index contributed by atoms with van der Waals surface area (Å²) in [5.74, 6) is -1.52. The van der Waals surface area contributed by atoms with Crippen molar-refractivity contribution in [3.8, 4) is 5.75 Å². The van der Waals surface area contributed by atoms with Gasteiger partial charge in [-0.3, -0.25) is 4.79 Å². The van der Waals surface area contributed by atoms with Crippen LogP contribution in [0.5, 0.6) is 5.75 Å². The van der Waals surface area contributed by atoms with Gasteiger partial charge in [0.05, 0.1) is 6.61 Å². The lowest BCUT2D eigenvalue weighted by molar-refractivity contribution is 0.0935. The summed E-state index contributed by atoms with van der Waals surface area (Å²) in [5, 5.41) is 6.44. The molecule has 0 radical (unpaired) electrons. The molecule has 1 aliphatic heterocycles. The van der Waals surface area contributed by atoms with Crippen LogP contribution in [0, 0.1) is 17.6 Å². The molecule has 6 nitrogen and oxygen atoms in total. The Labute approximate surface area is 136 Å². The van der Waals surface area contributed by atoms with Crippen molar-refractivity contribution in [2.45, 2.75) is 13.0 Å². The first kappa shape index (κ1) is 16.4. The molecule has 1 saturated heterocycles. The quantitative estimate of drug-likeness (QED) is 0.875. The topological polar surface area (TPSA) is 73.6 Å². The Bertz CT molecular complexity index is 714. The van der Waals surface area contributed by atoms with E-state index in [1.54, 1.807) is 0 Å². The largest absolute Gasteiger partial charge is 0.485 e. The van der Waals surface area contributed by atoms with E-state index < -0.39 is 11.6 Å². The molecule has 1 atom stereocenters. The second kappa shape index (κ2) is 7.39. The Balaban J connectivity index is 1.50. The van der Waals surface area contributed by atoms with Crippen LogP contribution in [-0.2, 0) is 11.3 Å². The third kappa shape index (κ3) is 4.08. The highest BCUT2D eigenvalue weighted by Gasteiger charge is 2.18. The van der Waals surface area contributed by atoms with Crippen LogP contribution in [0.15, 0.2) is 28.8 Å². The molecule has 0 bridgehead atoms. The molecule has 24 heavy (non-hydrogen) atoms. The molecule has 3 rings (SSSR count). The van der Waals surface area contributed by atoms with E-state index in [0.717, 1.165) is 25.2 Å². The number of hydrogen-bond acceptors (Lipinski definition) is 5. The monoisotopic (exact) mass is 338 g/mol. The molecule has 0 saturated carbocycles. The summed E-state index contributed by atoms with van der Waals surface area (Å²) in [6, 6.07) is 4.64. The molecule has 2 aromatic rings. The molecule has 2 heterocycles. The molecule has 0 spiro atoms. The smallest absolute Gasteiger partial charge is 0.273 e. The second-order valence-electron chi connectivity index (χ2n) is 5.48. The first-order valence-corrected chi connectivity index (χ1v) is 7.51. The molecule has 1 N–H and O–H groups in total. The maximum absolute atomic E-state index is 13.1. The van der Waals surface area contributed by atoms with Crippen molar-refractivity contribution in [3.05, 3.63) is 47.4 Å². The molecule has 1 fully saturated rings.